The van der Waals surface area contributed by atoms with E-state index in [0.717, 1.165) is 25.7 Å². The lowest BCUT2D eigenvalue weighted by Gasteiger charge is -2.16. The Morgan fingerprint density at radius 3 is 2.57 bits per heavy atom. The van der Waals surface area contributed by atoms with Gasteiger partial charge in [0.15, 0.2) is 0 Å². The zero-order valence-corrected chi connectivity index (χ0v) is 16.0. The fraction of sp³-hybridized carbons (Fsp3) is 0.368. The first-order valence-electron chi connectivity index (χ1n) is 9.21. The number of anilines is 4. The highest BCUT2D eigenvalue weighted by Crippen LogP contribution is 2.25. The van der Waals surface area contributed by atoms with Crippen LogP contribution in [0.15, 0.2) is 30.5 Å². The maximum Gasteiger partial charge on any atom is 0.321 e. The van der Waals surface area contributed by atoms with Gasteiger partial charge in [-0.25, -0.2) is 9.78 Å². The number of hydrogen-bond donors (Lipinski definition) is 4. The lowest BCUT2D eigenvalue weighted by molar-refractivity contribution is 0.100. The minimum absolute atomic E-state index is 0.220. The first-order chi connectivity index (χ1) is 13.4. The Labute approximate surface area is 163 Å². The van der Waals surface area contributed by atoms with Crippen molar-refractivity contribution >= 4 is 35.1 Å². The molecule has 1 aromatic carbocycles. The highest BCUT2D eigenvalue weighted by atomic mass is 16.2. The van der Waals surface area contributed by atoms with Crippen molar-refractivity contribution in [3.8, 4) is 0 Å². The molecule has 3 amide bonds. The molecule has 1 saturated carbocycles. The van der Waals surface area contributed by atoms with E-state index in [1.807, 2.05) is 12.1 Å². The number of hydrogen-bond acceptors (Lipinski definition) is 6. The second-order valence-electron chi connectivity index (χ2n) is 6.98. The molecule has 3 rings (SSSR count). The van der Waals surface area contributed by atoms with Crippen LogP contribution in [0.2, 0.25) is 0 Å². The average molecular weight is 383 g/mol. The summed E-state index contributed by atoms with van der Waals surface area (Å²) in [6.07, 6.45) is 5.82. The number of amides is 3. The third kappa shape index (κ3) is 4.87. The van der Waals surface area contributed by atoms with Crippen molar-refractivity contribution in [3.05, 3.63) is 36.0 Å². The molecule has 0 atom stereocenters. The third-order valence-corrected chi connectivity index (χ3v) is 4.53. The second kappa shape index (κ2) is 8.55. The summed E-state index contributed by atoms with van der Waals surface area (Å²) in [6.45, 7) is 0. The number of nitrogens with two attached hydrogens (primary N) is 1. The summed E-state index contributed by atoms with van der Waals surface area (Å²) in [5.41, 5.74) is 7.07. The monoisotopic (exact) mass is 383 g/mol. The van der Waals surface area contributed by atoms with E-state index in [9.17, 15) is 9.59 Å². The van der Waals surface area contributed by atoms with Gasteiger partial charge in [0, 0.05) is 37.7 Å². The third-order valence-electron chi connectivity index (χ3n) is 4.53. The molecule has 1 aliphatic rings. The van der Waals surface area contributed by atoms with Gasteiger partial charge in [-0.05, 0) is 31.0 Å². The molecule has 0 aliphatic heterocycles. The van der Waals surface area contributed by atoms with Gasteiger partial charge in [-0.3, -0.25) is 4.79 Å². The molecule has 148 valence electrons. The minimum atomic E-state index is -0.569. The fourth-order valence-corrected chi connectivity index (χ4v) is 3.03. The van der Waals surface area contributed by atoms with Crippen molar-refractivity contribution in [1.29, 1.82) is 0 Å². The molecule has 1 fully saturated rings. The first-order valence-corrected chi connectivity index (χ1v) is 9.21. The number of benzene rings is 1. The van der Waals surface area contributed by atoms with E-state index in [1.54, 1.807) is 26.2 Å². The predicted octanol–water partition coefficient (Wildman–Crippen LogP) is 2.77. The zero-order chi connectivity index (χ0) is 20.1. The smallest absolute Gasteiger partial charge is 0.321 e. The van der Waals surface area contributed by atoms with Crippen LogP contribution >= 0.6 is 0 Å². The number of aromatic nitrogens is 2. The van der Waals surface area contributed by atoms with Crippen LogP contribution in [0.4, 0.5) is 27.9 Å². The normalized spacial score (nSPS) is 13.8. The van der Waals surface area contributed by atoms with Crippen LogP contribution in [-0.2, 0) is 0 Å². The van der Waals surface area contributed by atoms with E-state index in [0.29, 0.717) is 23.1 Å². The summed E-state index contributed by atoms with van der Waals surface area (Å²) in [6, 6.07) is 7.27. The molecule has 1 heterocycles. The van der Waals surface area contributed by atoms with Crippen molar-refractivity contribution in [2.24, 2.45) is 5.73 Å². The Morgan fingerprint density at radius 2 is 1.89 bits per heavy atom. The van der Waals surface area contributed by atoms with E-state index in [2.05, 4.69) is 25.9 Å². The Kier molecular flexibility index (Phi) is 5.93. The lowest BCUT2D eigenvalue weighted by atomic mass is 10.2. The molecule has 9 heteroatoms. The van der Waals surface area contributed by atoms with Crippen molar-refractivity contribution < 1.29 is 9.59 Å². The topological polar surface area (TPSA) is 125 Å². The maximum atomic E-state index is 11.8. The van der Waals surface area contributed by atoms with Gasteiger partial charge in [-0.2, -0.15) is 4.98 Å². The van der Waals surface area contributed by atoms with Gasteiger partial charge >= 0.3 is 6.03 Å². The molecule has 0 radical (unpaired) electrons. The predicted molar refractivity (Wildman–Crippen MR) is 109 cm³/mol. The Bertz CT molecular complexity index is 863. The largest absolute Gasteiger partial charge is 0.367 e. The number of urea groups is 1. The highest BCUT2D eigenvalue weighted by molar-refractivity contribution is 5.97. The van der Waals surface area contributed by atoms with Gasteiger partial charge in [0.2, 0.25) is 5.95 Å². The molecule has 0 saturated heterocycles. The Balaban J connectivity index is 1.78. The zero-order valence-electron chi connectivity index (χ0n) is 16.0. The van der Waals surface area contributed by atoms with Crippen LogP contribution in [0, 0.1) is 0 Å². The lowest BCUT2D eigenvalue weighted by Crippen LogP contribution is -2.27. The molecule has 1 aromatic heterocycles. The molecule has 0 unspecified atom stereocenters. The summed E-state index contributed by atoms with van der Waals surface area (Å²) < 4.78 is 0. The number of rotatable bonds is 6. The summed E-state index contributed by atoms with van der Waals surface area (Å²) in [5.74, 6) is 0.205. The molecule has 1 aliphatic carbocycles. The standard InChI is InChI=1S/C19H25N7O2/c1-26(2)19(28)24-14-9-5-8-13(10-14)23-18-21-11-15(16(20)27)17(25-18)22-12-6-3-4-7-12/h5,8-12H,3-4,6-7H2,1-2H3,(H2,20,27)(H,24,28)(H2,21,22,23,25). The molecule has 9 nitrogen and oxygen atoms in total. The summed E-state index contributed by atoms with van der Waals surface area (Å²) in [5, 5.41) is 9.20. The second-order valence-corrected chi connectivity index (χ2v) is 6.98. The van der Waals surface area contributed by atoms with Gasteiger partial charge in [0.1, 0.15) is 5.82 Å². The number of primary amides is 1. The summed E-state index contributed by atoms with van der Waals surface area (Å²) in [7, 11) is 3.34. The number of carbonyl (C=O) groups excluding carboxylic acids is 2. The van der Waals surface area contributed by atoms with Crippen molar-refractivity contribution in [2.75, 3.05) is 30.0 Å². The molecular weight excluding hydrogens is 358 g/mol. The van der Waals surface area contributed by atoms with Crippen molar-refractivity contribution in [3.63, 3.8) is 0 Å². The van der Waals surface area contributed by atoms with Gasteiger partial charge in [-0.1, -0.05) is 18.9 Å². The Hall–Kier alpha value is -3.36. The highest BCUT2D eigenvalue weighted by Gasteiger charge is 2.19. The Morgan fingerprint density at radius 1 is 1.18 bits per heavy atom. The van der Waals surface area contributed by atoms with Gasteiger partial charge in [0.05, 0.1) is 5.56 Å². The maximum absolute atomic E-state index is 11.8. The van der Waals surface area contributed by atoms with Gasteiger partial charge < -0.3 is 26.6 Å². The molecule has 5 N–H and O–H groups in total. The summed E-state index contributed by atoms with van der Waals surface area (Å²) in [4.78, 5) is 33.6. The summed E-state index contributed by atoms with van der Waals surface area (Å²) >= 11 is 0. The van der Waals surface area contributed by atoms with Crippen LogP contribution < -0.4 is 21.7 Å². The van der Waals surface area contributed by atoms with E-state index in [1.165, 1.54) is 11.1 Å². The molecule has 0 spiro atoms. The number of carbonyl (C=O) groups is 2. The molecule has 0 bridgehead atoms. The molecule has 2 aromatic rings. The van der Waals surface area contributed by atoms with Gasteiger partial charge in [-0.15, -0.1) is 0 Å². The SMILES string of the molecule is CN(C)C(=O)Nc1cccc(Nc2ncc(C(N)=O)c(NC3CCCC3)n2)c1. The number of nitrogens with one attached hydrogen (secondary N) is 3. The quantitative estimate of drug-likeness (QED) is 0.608. The van der Waals surface area contributed by atoms with Crippen molar-refractivity contribution in [2.45, 2.75) is 31.7 Å². The van der Waals surface area contributed by atoms with Crippen LogP contribution in [0.3, 0.4) is 0 Å². The van der Waals surface area contributed by atoms with E-state index in [-0.39, 0.29) is 17.6 Å². The molecule has 28 heavy (non-hydrogen) atoms. The van der Waals surface area contributed by atoms with E-state index in [4.69, 9.17) is 5.73 Å². The van der Waals surface area contributed by atoms with Crippen molar-refractivity contribution in [1.82, 2.24) is 14.9 Å². The average Bonchev–Trinajstić information content (AvgIpc) is 3.15. The van der Waals surface area contributed by atoms with Crippen LogP contribution in [0.25, 0.3) is 0 Å². The van der Waals surface area contributed by atoms with Crippen LogP contribution in [0.1, 0.15) is 36.0 Å². The van der Waals surface area contributed by atoms with Crippen LogP contribution in [-0.4, -0.2) is 46.9 Å². The van der Waals surface area contributed by atoms with Crippen LogP contribution in [0.5, 0.6) is 0 Å². The number of nitrogens with zero attached hydrogens (tertiary/aromatic N) is 3. The van der Waals surface area contributed by atoms with E-state index < -0.39 is 5.91 Å². The molecular formula is C19H25N7O2. The van der Waals surface area contributed by atoms with E-state index >= 15 is 0 Å². The fourth-order valence-electron chi connectivity index (χ4n) is 3.03. The minimum Gasteiger partial charge on any atom is -0.367 e. The first kappa shape index (κ1) is 19.4. The van der Waals surface area contributed by atoms with Gasteiger partial charge in [0.25, 0.3) is 5.91 Å².